The van der Waals surface area contributed by atoms with Gasteiger partial charge in [0, 0.05) is 13.1 Å². The number of guanidine groups is 1. The number of hydrogen-bond donors (Lipinski definition) is 2. The molecule has 0 fully saturated rings. The van der Waals surface area contributed by atoms with E-state index in [0.717, 1.165) is 32.1 Å². The Bertz CT molecular complexity index is 504. The van der Waals surface area contributed by atoms with Crippen molar-refractivity contribution < 1.29 is 0 Å². The summed E-state index contributed by atoms with van der Waals surface area (Å²) in [4.78, 5) is 7.03. The Morgan fingerprint density at radius 1 is 1.13 bits per heavy atom. The standard InChI is InChI=1S/C18H28N4.HI/c1-5-13-20-18(19-6-2)21-14-16-11-9-10-12-17(16)15-22(7-3)8-4;/h1,9-12H,6-8,13-15H2,2-4H3,(H2,19,20,21);1H. The fourth-order valence-corrected chi connectivity index (χ4v) is 2.19. The monoisotopic (exact) mass is 428 g/mol. The zero-order chi connectivity index (χ0) is 16.2. The van der Waals surface area contributed by atoms with Gasteiger partial charge < -0.3 is 10.6 Å². The molecule has 0 saturated carbocycles. The van der Waals surface area contributed by atoms with Crippen LogP contribution in [0.5, 0.6) is 0 Å². The summed E-state index contributed by atoms with van der Waals surface area (Å²) in [6.07, 6.45) is 5.29. The van der Waals surface area contributed by atoms with Crippen LogP contribution in [-0.4, -0.2) is 37.0 Å². The molecule has 2 N–H and O–H groups in total. The molecule has 0 aliphatic carbocycles. The summed E-state index contributed by atoms with van der Waals surface area (Å²) < 4.78 is 0. The number of benzene rings is 1. The highest BCUT2D eigenvalue weighted by Crippen LogP contribution is 2.13. The molecule has 23 heavy (non-hydrogen) atoms. The Labute approximate surface area is 158 Å². The zero-order valence-electron chi connectivity index (χ0n) is 14.4. The largest absolute Gasteiger partial charge is 0.357 e. The molecule has 0 aliphatic heterocycles. The van der Waals surface area contributed by atoms with Gasteiger partial charge in [-0.3, -0.25) is 4.90 Å². The fraction of sp³-hybridized carbons (Fsp3) is 0.500. The number of hydrogen-bond acceptors (Lipinski definition) is 2. The van der Waals surface area contributed by atoms with Gasteiger partial charge in [-0.25, -0.2) is 4.99 Å². The van der Waals surface area contributed by atoms with Crippen LogP contribution in [0.3, 0.4) is 0 Å². The Balaban J connectivity index is 0.00000484. The fourth-order valence-electron chi connectivity index (χ4n) is 2.19. The molecule has 0 aromatic heterocycles. The third kappa shape index (κ3) is 8.24. The molecular weight excluding hydrogens is 399 g/mol. The molecule has 1 aromatic rings. The minimum atomic E-state index is 0. The van der Waals surface area contributed by atoms with Crippen molar-refractivity contribution in [3.8, 4) is 12.3 Å². The van der Waals surface area contributed by atoms with E-state index in [1.165, 1.54) is 11.1 Å². The van der Waals surface area contributed by atoms with Crippen LogP contribution in [0, 0.1) is 12.3 Å². The SMILES string of the molecule is C#CCNC(=NCc1ccccc1CN(CC)CC)NCC.I. The van der Waals surface area contributed by atoms with Gasteiger partial charge in [0.2, 0.25) is 0 Å². The van der Waals surface area contributed by atoms with Gasteiger partial charge in [0.1, 0.15) is 0 Å². The number of rotatable bonds is 8. The zero-order valence-corrected chi connectivity index (χ0v) is 16.8. The summed E-state index contributed by atoms with van der Waals surface area (Å²) in [5.41, 5.74) is 2.59. The minimum Gasteiger partial charge on any atom is -0.357 e. The van der Waals surface area contributed by atoms with E-state index in [2.05, 4.69) is 64.6 Å². The van der Waals surface area contributed by atoms with E-state index >= 15 is 0 Å². The molecule has 0 spiro atoms. The maximum atomic E-state index is 5.29. The summed E-state index contributed by atoms with van der Waals surface area (Å²) in [6, 6.07) is 8.49. The molecule has 0 amide bonds. The Morgan fingerprint density at radius 3 is 2.35 bits per heavy atom. The first-order valence-corrected chi connectivity index (χ1v) is 7.99. The number of halogens is 1. The summed E-state index contributed by atoms with van der Waals surface area (Å²) in [6.45, 7) is 11.5. The summed E-state index contributed by atoms with van der Waals surface area (Å²) >= 11 is 0. The van der Waals surface area contributed by atoms with Gasteiger partial charge in [-0.2, -0.15) is 0 Å². The Hall–Kier alpha value is -1.26. The van der Waals surface area contributed by atoms with E-state index in [-0.39, 0.29) is 24.0 Å². The van der Waals surface area contributed by atoms with Crippen LogP contribution in [0.4, 0.5) is 0 Å². The molecular formula is C18H29IN4. The highest BCUT2D eigenvalue weighted by Gasteiger charge is 2.06. The lowest BCUT2D eigenvalue weighted by Crippen LogP contribution is -2.37. The smallest absolute Gasteiger partial charge is 0.192 e. The van der Waals surface area contributed by atoms with Crippen LogP contribution >= 0.6 is 24.0 Å². The van der Waals surface area contributed by atoms with Gasteiger partial charge in [0.15, 0.2) is 5.96 Å². The molecule has 1 aromatic carbocycles. The van der Waals surface area contributed by atoms with Crippen molar-refractivity contribution in [3.05, 3.63) is 35.4 Å². The van der Waals surface area contributed by atoms with Crippen LogP contribution in [-0.2, 0) is 13.1 Å². The first-order valence-electron chi connectivity index (χ1n) is 7.99. The van der Waals surface area contributed by atoms with Crippen molar-refractivity contribution in [2.45, 2.75) is 33.9 Å². The van der Waals surface area contributed by atoms with Crippen molar-refractivity contribution in [1.29, 1.82) is 0 Å². The summed E-state index contributed by atoms with van der Waals surface area (Å²) in [7, 11) is 0. The Kier molecular flexibility index (Phi) is 12.5. The van der Waals surface area contributed by atoms with E-state index < -0.39 is 0 Å². The van der Waals surface area contributed by atoms with Crippen molar-refractivity contribution >= 4 is 29.9 Å². The van der Waals surface area contributed by atoms with Crippen LogP contribution in [0.2, 0.25) is 0 Å². The lowest BCUT2D eigenvalue weighted by atomic mass is 10.1. The molecule has 0 radical (unpaired) electrons. The average Bonchev–Trinajstić information content (AvgIpc) is 2.56. The normalized spacial score (nSPS) is 10.8. The van der Waals surface area contributed by atoms with Crippen LogP contribution in [0.25, 0.3) is 0 Å². The molecule has 0 unspecified atom stereocenters. The van der Waals surface area contributed by atoms with E-state index in [0.29, 0.717) is 13.1 Å². The van der Waals surface area contributed by atoms with Crippen molar-refractivity contribution in [2.24, 2.45) is 4.99 Å². The second-order valence-corrected chi connectivity index (χ2v) is 4.98. The Morgan fingerprint density at radius 2 is 1.78 bits per heavy atom. The first-order chi connectivity index (χ1) is 10.7. The summed E-state index contributed by atoms with van der Waals surface area (Å²) in [5.74, 6) is 3.33. The van der Waals surface area contributed by atoms with E-state index in [1.54, 1.807) is 0 Å². The molecule has 1 rings (SSSR count). The lowest BCUT2D eigenvalue weighted by molar-refractivity contribution is 0.295. The number of nitrogens with one attached hydrogen (secondary N) is 2. The van der Waals surface area contributed by atoms with Gasteiger partial charge >= 0.3 is 0 Å². The second kappa shape index (κ2) is 13.2. The lowest BCUT2D eigenvalue weighted by Gasteiger charge is -2.19. The van der Waals surface area contributed by atoms with Crippen LogP contribution in [0.1, 0.15) is 31.9 Å². The molecule has 0 aliphatic rings. The van der Waals surface area contributed by atoms with E-state index in [1.807, 2.05) is 6.92 Å². The van der Waals surface area contributed by atoms with Crippen LogP contribution in [0.15, 0.2) is 29.3 Å². The van der Waals surface area contributed by atoms with Crippen molar-refractivity contribution in [1.82, 2.24) is 15.5 Å². The topological polar surface area (TPSA) is 39.7 Å². The minimum absolute atomic E-state index is 0. The number of terminal acetylenes is 1. The quantitative estimate of drug-likeness (QED) is 0.290. The van der Waals surface area contributed by atoms with Crippen molar-refractivity contribution in [3.63, 3.8) is 0 Å². The molecule has 0 bridgehead atoms. The van der Waals surface area contributed by atoms with Gasteiger partial charge in [-0.15, -0.1) is 30.4 Å². The van der Waals surface area contributed by atoms with Gasteiger partial charge in [0.05, 0.1) is 13.1 Å². The third-order valence-electron chi connectivity index (χ3n) is 3.52. The second-order valence-electron chi connectivity index (χ2n) is 4.98. The van der Waals surface area contributed by atoms with Crippen molar-refractivity contribution in [2.75, 3.05) is 26.2 Å². The highest BCUT2D eigenvalue weighted by molar-refractivity contribution is 14.0. The third-order valence-corrected chi connectivity index (χ3v) is 3.52. The number of nitrogens with zero attached hydrogens (tertiary/aromatic N) is 2. The maximum absolute atomic E-state index is 5.29. The van der Waals surface area contributed by atoms with E-state index in [9.17, 15) is 0 Å². The molecule has 0 atom stereocenters. The van der Waals surface area contributed by atoms with Gasteiger partial charge in [-0.05, 0) is 31.1 Å². The van der Waals surface area contributed by atoms with Gasteiger partial charge in [0.25, 0.3) is 0 Å². The highest BCUT2D eigenvalue weighted by atomic mass is 127. The van der Waals surface area contributed by atoms with Crippen LogP contribution < -0.4 is 10.6 Å². The molecule has 128 valence electrons. The maximum Gasteiger partial charge on any atom is 0.192 e. The molecule has 4 nitrogen and oxygen atoms in total. The molecule has 5 heteroatoms. The first kappa shape index (κ1) is 21.7. The summed E-state index contributed by atoms with van der Waals surface area (Å²) in [5, 5.41) is 6.32. The predicted molar refractivity (Wildman–Crippen MR) is 110 cm³/mol. The number of aliphatic imine (C=N–C) groups is 1. The average molecular weight is 428 g/mol. The predicted octanol–water partition coefficient (Wildman–Crippen LogP) is 2.83. The molecule has 0 heterocycles. The van der Waals surface area contributed by atoms with E-state index in [4.69, 9.17) is 6.42 Å². The van der Waals surface area contributed by atoms with Gasteiger partial charge in [-0.1, -0.05) is 44.0 Å². The molecule has 0 saturated heterocycles.